The number of ether oxygens (including phenoxy) is 1. The first kappa shape index (κ1) is 19.4. The second-order valence-electron chi connectivity index (χ2n) is 8.28. The molecule has 1 aromatic carbocycles. The minimum absolute atomic E-state index is 0.127. The maximum absolute atomic E-state index is 13.3. The van der Waals surface area contributed by atoms with Gasteiger partial charge in [-0.25, -0.2) is 4.98 Å². The predicted molar refractivity (Wildman–Crippen MR) is 109 cm³/mol. The van der Waals surface area contributed by atoms with Crippen LogP contribution in [0.5, 0.6) is 0 Å². The number of carbonyl (C=O) groups is 1. The van der Waals surface area contributed by atoms with Crippen LogP contribution in [0.4, 0.5) is 0 Å². The van der Waals surface area contributed by atoms with E-state index in [-0.39, 0.29) is 11.8 Å². The van der Waals surface area contributed by atoms with E-state index >= 15 is 0 Å². The molecule has 2 fully saturated rings. The van der Waals surface area contributed by atoms with E-state index in [4.69, 9.17) is 9.15 Å². The van der Waals surface area contributed by atoms with E-state index in [0.29, 0.717) is 6.04 Å². The largest absolute Gasteiger partial charge is 0.440 e. The molecule has 2 saturated heterocycles. The number of morpholine rings is 1. The molecule has 0 radical (unpaired) electrons. The molecule has 6 heteroatoms. The molecule has 0 spiro atoms. The summed E-state index contributed by atoms with van der Waals surface area (Å²) in [7, 11) is 0. The molecular formula is C22H31N3O3. The molecule has 4 rings (SSSR count). The molecular weight excluding hydrogens is 354 g/mol. The lowest BCUT2D eigenvalue weighted by atomic mass is 9.97. The van der Waals surface area contributed by atoms with Crippen LogP contribution in [0.3, 0.4) is 0 Å². The quantitative estimate of drug-likeness (QED) is 0.786. The van der Waals surface area contributed by atoms with Gasteiger partial charge in [-0.05, 0) is 43.9 Å². The molecule has 2 aliphatic heterocycles. The molecule has 2 aliphatic rings. The predicted octanol–water partition coefficient (Wildman–Crippen LogP) is 3.67. The number of nitrogens with zero attached hydrogens (tertiary/aromatic N) is 3. The number of likely N-dealkylation sites (tertiary alicyclic amines) is 1. The standard InChI is InChI=1S/C22H31N3O3/c1-16(2)21-23-19-15-17(6-7-20(19)28-21)22(26)25-9-4-3-5-18(25)8-10-24-11-13-27-14-12-24/h6-7,15-16,18H,3-5,8-14H2,1-2H3. The van der Waals surface area contributed by atoms with E-state index in [0.717, 1.165) is 81.2 Å². The summed E-state index contributed by atoms with van der Waals surface area (Å²) in [6.45, 7) is 9.65. The molecule has 28 heavy (non-hydrogen) atoms. The first-order valence-corrected chi connectivity index (χ1v) is 10.6. The van der Waals surface area contributed by atoms with Gasteiger partial charge >= 0.3 is 0 Å². The van der Waals surface area contributed by atoms with Crippen molar-refractivity contribution in [2.24, 2.45) is 0 Å². The molecule has 3 heterocycles. The van der Waals surface area contributed by atoms with Crippen molar-refractivity contribution in [3.05, 3.63) is 29.7 Å². The lowest BCUT2D eigenvalue weighted by Crippen LogP contribution is -2.46. The SMILES string of the molecule is CC(C)c1nc2cc(C(=O)N3CCCCC3CCN3CCOCC3)ccc2o1. The lowest BCUT2D eigenvalue weighted by Gasteiger charge is -2.37. The highest BCUT2D eigenvalue weighted by molar-refractivity contribution is 5.97. The molecule has 0 bridgehead atoms. The Morgan fingerprint density at radius 3 is 2.82 bits per heavy atom. The maximum Gasteiger partial charge on any atom is 0.254 e. The summed E-state index contributed by atoms with van der Waals surface area (Å²) < 4.78 is 11.2. The Balaban J connectivity index is 1.47. The van der Waals surface area contributed by atoms with Crippen molar-refractivity contribution >= 4 is 17.0 Å². The fourth-order valence-electron chi connectivity index (χ4n) is 4.22. The fraction of sp³-hybridized carbons (Fsp3) is 0.636. The smallest absolute Gasteiger partial charge is 0.254 e. The summed E-state index contributed by atoms with van der Waals surface area (Å²) in [4.78, 5) is 22.4. The first-order chi connectivity index (χ1) is 13.6. The van der Waals surface area contributed by atoms with Gasteiger partial charge in [-0.15, -0.1) is 0 Å². The third-order valence-electron chi connectivity index (χ3n) is 5.92. The number of oxazole rings is 1. The second kappa shape index (κ2) is 8.62. The topological polar surface area (TPSA) is 58.8 Å². The van der Waals surface area contributed by atoms with Gasteiger partial charge < -0.3 is 14.1 Å². The summed E-state index contributed by atoms with van der Waals surface area (Å²) in [5.41, 5.74) is 2.24. The molecule has 6 nitrogen and oxygen atoms in total. The number of carbonyl (C=O) groups excluding carboxylic acids is 1. The Labute approximate surface area is 166 Å². The van der Waals surface area contributed by atoms with Crippen molar-refractivity contribution in [2.45, 2.75) is 51.5 Å². The van der Waals surface area contributed by atoms with Gasteiger partial charge in [-0.2, -0.15) is 0 Å². The Bertz CT molecular complexity index is 810. The van der Waals surface area contributed by atoms with E-state index in [1.165, 1.54) is 6.42 Å². The van der Waals surface area contributed by atoms with E-state index in [1.54, 1.807) is 0 Å². The Hall–Kier alpha value is -1.92. The second-order valence-corrected chi connectivity index (χ2v) is 8.28. The van der Waals surface area contributed by atoms with Crippen LogP contribution >= 0.6 is 0 Å². The minimum Gasteiger partial charge on any atom is -0.440 e. The highest BCUT2D eigenvalue weighted by Gasteiger charge is 2.28. The summed E-state index contributed by atoms with van der Waals surface area (Å²) in [5.74, 6) is 1.09. The Morgan fingerprint density at radius 2 is 2.04 bits per heavy atom. The van der Waals surface area contributed by atoms with E-state index in [9.17, 15) is 4.79 Å². The first-order valence-electron chi connectivity index (χ1n) is 10.6. The summed E-state index contributed by atoms with van der Waals surface area (Å²) >= 11 is 0. The van der Waals surface area contributed by atoms with Crippen molar-refractivity contribution in [3.63, 3.8) is 0 Å². The van der Waals surface area contributed by atoms with Gasteiger partial charge in [0.05, 0.1) is 13.2 Å². The van der Waals surface area contributed by atoms with E-state index in [1.807, 2.05) is 18.2 Å². The summed E-state index contributed by atoms with van der Waals surface area (Å²) in [5, 5.41) is 0. The van der Waals surface area contributed by atoms with Gasteiger partial charge in [0.2, 0.25) is 0 Å². The Morgan fingerprint density at radius 1 is 1.21 bits per heavy atom. The van der Waals surface area contributed by atoms with Crippen LogP contribution in [0.1, 0.15) is 61.7 Å². The van der Waals surface area contributed by atoms with Crippen molar-refractivity contribution in [1.82, 2.24) is 14.8 Å². The average Bonchev–Trinajstić information content (AvgIpc) is 3.16. The molecule has 0 aliphatic carbocycles. The molecule has 152 valence electrons. The van der Waals surface area contributed by atoms with Gasteiger partial charge in [0.1, 0.15) is 5.52 Å². The van der Waals surface area contributed by atoms with Crippen molar-refractivity contribution < 1.29 is 13.9 Å². The zero-order chi connectivity index (χ0) is 19.5. The number of amides is 1. The van der Waals surface area contributed by atoms with Gasteiger partial charge in [-0.1, -0.05) is 13.8 Å². The van der Waals surface area contributed by atoms with Gasteiger partial charge in [0.15, 0.2) is 11.5 Å². The van der Waals surface area contributed by atoms with Crippen LogP contribution in [-0.4, -0.2) is 66.1 Å². The van der Waals surface area contributed by atoms with E-state index < -0.39 is 0 Å². The number of rotatable bonds is 5. The summed E-state index contributed by atoms with van der Waals surface area (Å²) in [6.07, 6.45) is 4.43. The van der Waals surface area contributed by atoms with Crippen LogP contribution < -0.4 is 0 Å². The summed E-state index contributed by atoms with van der Waals surface area (Å²) in [6, 6.07) is 5.98. The van der Waals surface area contributed by atoms with Crippen LogP contribution in [0.2, 0.25) is 0 Å². The van der Waals surface area contributed by atoms with Crippen molar-refractivity contribution in [2.75, 3.05) is 39.4 Å². The van der Waals surface area contributed by atoms with Crippen LogP contribution in [0.25, 0.3) is 11.1 Å². The average molecular weight is 386 g/mol. The molecule has 1 unspecified atom stereocenters. The molecule has 2 aromatic rings. The van der Waals surface area contributed by atoms with E-state index in [2.05, 4.69) is 28.6 Å². The molecule has 0 N–H and O–H groups in total. The van der Waals surface area contributed by atoms with Gasteiger partial charge in [-0.3, -0.25) is 9.69 Å². The number of hydrogen-bond donors (Lipinski definition) is 0. The number of fused-ring (bicyclic) bond motifs is 1. The van der Waals surface area contributed by atoms with Crippen LogP contribution in [-0.2, 0) is 4.74 Å². The molecule has 1 amide bonds. The monoisotopic (exact) mass is 385 g/mol. The minimum atomic E-state index is 0.127. The van der Waals surface area contributed by atoms with Crippen LogP contribution in [0, 0.1) is 0 Å². The number of hydrogen-bond acceptors (Lipinski definition) is 5. The third-order valence-corrected chi connectivity index (χ3v) is 5.92. The normalized spacial score (nSPS) is 21.5. The number of piperidine rings is 1. The molecule has 1 atom stereocenters. The maximum atomic E-state index is 13.3. The highest BCUT2D eigenvalue weighted by atomic mass is 16.5. The third kappa shape index (κ3) is 4.23. The number of benzene rings is 1. The van der Waals surface area contributed by atoms with Crippen molar-refractivity contribution in [1.29, 1.82) is 0 Å². The lowest BCUT2D eigenvalue weighted by molar-refractivity contribution is 0.0296. The van der Waals surface area contributed by atoms with Gasteiger partial charge in [0, 0.05) is 43.7 Å². The Kier molecular flexibility index (Phi) is 5.97. The van der Waals surface area contributed by atoms with Crippen molar-refractivity contribution in [3.8, 4) is 0 Å². The fourth-order valence-corrected chi connectivity index (χ4v) is 4.22. The zero-order valence-corrected chi connectivity index (χ0v) is 17.0. The number of aromatic nitrogens is 1. The molecule has 1 aromatic heterocycles. The van der Waals surface area contributed by atoms with Gasteiger partial charge in [0.25, 0.3) is 5.91 Å². The highest BCUT2D eigenvalue weighted by Crippen LogP contribution is 2.26. The molecule has 0 saturated carbocycles. The van der Waals surface area contributed by atoms with Crippen LogP contribution in [0.15, 0.2) is 22.6 Å². The zero-order valence-electron chi connectivity index (χ0n) is 17.0.